The Morgan fingerprint density at radius 2 is 1.90 bits per heavy atom. The van der Waals surface area contributed by atoms with Crippen molar-refractivity contribution in [2.24, 2.45) is 5.92 Å². The van der Waals surface area contributed by atoms with E-state index in [2.05, 4.69) is 35.3 Å². The van der Waals surface area contributed by atoms with Crippen molar-refractivity contribution in [2.75, 3.05) is 37.4 Å². The van der Waals surface area contributed by atoms with Crippen molar-refractivity contribution in [3.8, 4) is 5.82 Å². The number of piperidine rings is 1. The third-order valence-electron chi connectivity index (χ3n) is 5.11. The van der Waals surface area contributed by atoms with Crippen molar-refractivity contribution < 1.29 is 9.59 Å². The van der Waals surface area contributed by atoms with Crippen LogP contribution >= 0.6 is 11.3 Å². The van der Waals surface area contributed by atoms with Gasteiger partial charge < -0.3 is 15.1 Å². The highest BCUT2D eigenvalue weighted by Crippen LogP contribution is 2.27. The highest BCUT2D eigenvalue weighted by molar-refractivity contribution is 7.17. The third kappa shape index (κ3) is 4.53. The van der Waals surface area contributed by atoms with Gasteiger partial charge in [0.1, 0.15) is 29.7 Å². The lowest BCUT2D eigenvalue weighted by molar-refractivity contribution is -0.120. The van der Waals surface area contributed by atoms with Gasteiger partial charge in [-0.15, -0.1) is 0 Å². The standard InChI is InChI=1S/C19H23N9O2S/c1-12-16(18(30)26(2)3)31-19(24-12)25-17(29)13-4-6-27(7-5-13)14-8-15(22-10-21-14)28-11-20-9-23-28/h8-11,13H,4-7H2,1-3H3,(H,24,25,29). The third-order valence-corrected chi connectivity index (χ3v) is 6.17. The quantitative estimate of drug-likeness (QED) is 0.630. The first-order chi connectivity index (χ1) is 14.9. The predicted molar refractivity (Wildman–Crippen MR) is 115 cm³/mol. The van der Waals surface area contributed by atoms with Crippen LogP contribution in [0.2, 0.25) is 0 Å². The Morgan fingerprint density at radius 1 is 1.16 bits per heavy atom. The fraction of sp³-hybridized carbons (Fsp3) is 0.421. The fourth-order valence-electron chi connectivity index (χ4n) is 3.39. The average molecular weight is 442 g/mol. The number of thiazole rings is 1. The lowest BCUT2D eigenvalue weighted by Crippen LogP contribution is -2.38. The normalized spacial score (nSPS) is 14.5. The summed E-state index contributed by atoms with van der Waals surface area (Å²) < 4.78 is 1.58. The van der Waals surface area contributed by atoms with E-state index in [1.165, 1.54) is 28.9 Å². The minimum atomic E-state index is -0.120. The number of hydrogen-bond donors (Lipinski definition) is 1. The van der Waals surface area contributed by atoms with Gasteiger partial charge in [0.2, 0.25) is 5.91 Å². The molecule has 0 atom stereocenters. The van der Waals surface area contributed by atoms with Crippen molar-refractivity contribution in [3.63, 3.8) is 0 Å². The van der Waals surface area contributed by atoms with Crippen molar-refractivity contribution >= 4 is 34.1 Å². The summed E-state index contributed by atoms with van der Waals surface area (Å²) in [6, 6.07) is 1.86. The molecule has 1 aliphatic rings. The molecule has 0 bridgehead atoms. The number of hydrogen-bond acceptors (Lipinski definition) is 9. The lowest BCUT2D eigenvalue weighted by atomic mass is 9.96. The summed E-state index contributed by atoms with van der Waals surface area (Å²) in [6.45, 7) is 3.18. The molecule has 3 aromatic heterocycles. The molecule has 4 heterocycles. The summed E-state index contributed by atoms with van der Waals surface area (Å²) in [6.07, 6.45) is 5.93. The van der Waals surface area contributed by atoms with Crippen molar-refractivity contribution in [1.82, 2.24) is 34.6 Å². The topological polar surface area (TPSA) is 122 Å². The Labute approximate surface area is 183 Å². The molecule has 0 aromatic carbocycles. The Kier molecular flexibility index (Phi) is 5.89. The van der Waals surface area contributed by atoms with E-state index in [1.807, 2.05) is 6.07 Å². The monoisotopic (exact) mass is 441 g/mol. The molecular weight excluding hydrogens is 418 g/mol. The molecule has 31 heavy (non-hydrogen) atoms. The molecular formula is C19H23N9O2S. The van der Waals surface area contributed by atoms with Crippen molar-refractivity contribution in [1.29, 1.82) is 0 Å². The molecule has 0 spiro atoms. The van der Waals surface area contributed by atoms with Gasteiger partial charge in [-0.05, 0) is 19.8 Å². The number of nitrogens with zero attached hydrogens (tertiary/aromatic N) is 8. The molecule has 0 aliphatic carbocycles. The molecule has 1 aliphatic heterocycles. The summed E-state index contributed by atoms with van der Waals surface area (Å²) in [5.41, 5.74) is 0.626. The molecule has 2 amide bonds. The predicted octanol–water partition coefficient (Wildman–Crippen LogP) is 1.38. The number of nitrogens with one attached hydrogen (secondary N) is 1. The van der Waals surface area contributed by atoms with Crippen LogP contribution in [0, 0.1) is 12.8 Å². The van der Waals surface area contributed by atoms with Crippen molar-refractivity contribution in [3.05, 3.63) is 35.6 Å². The zero-order valence-corrected chi connectivity index (χ0v) is 18.3. The van der Waals surface area contributed by atoms with E-state index in [9.17, 15) is 9.59 Å². The smallest absolute Gasteiger partial charge is 0.265 e. The van der Waals surface area contributed by atoms with E-state index in [0.29, 0.717) is 47.5 Å². The van der Waals surface area contributed by atoms with Crippen LogP contribution in [-0.2, 0) is 4.79 Å². The molecule has 4 rings (SSSR count). The molecule has 12 heteroatoms. The number of carbonyl (C=O) groups is 2. The SMILES string of the molecule is Cc1nc(NC(=O)C2CCN(c3cc(-n4cncn4)ncn3)CC2)sc1C(=O)N(C)C. The summed E-state index contributed by atoms with van der Waals surface area (Å²) in [4.78, 5) is 46.0. The van der Waals surface area contributed by atoms with Crippen LogP contribution < -0.4 is 10.2 Å². The van der Waals surface area contributed by atoms with E-state index in [4.69, 9.17) is 0 Å². The van der Waals surface area contributed by atoms with E-state index in [-0.39, 0.29) is 17.7 Å². The maximum atomic E-state index is 12.7. The molecule has 3 aromatic rings. The van der Waals surface area contributed by atoms with E-state index < -0.39 is 0 Å². The van der Waals surface area contributed by atoms with Crippen LogP contribution in [0.4, 0.5) is 10.9 Å². The van der Waals surface area contributed by atoms with Gasteiger partial charge >= 0.3 is 0 Å². The highest BCUT2D eigenvalue weighted by Gasteiger charge is 2.27. The second kappa shape index (κ2) is 8.76. The zero-order valence-electron chi connectivity index (χ0n) is 17.5. The van der Waals surface area contributed by atoms with Crippen LogP contribution in [-0.4, -0.2) is 73.6 Å². The zero-order chi connectivity index (χ0) is 22.0. The van der Waals surface area contributed by atoms with Crippen molar-refractivity contribution in [2.45, 2.75) is 19.8 Å². The molecule has 1 N–H and O–H groups in total. The number of aryl methyl sites for hydroxylation is 1. The molecule has 0 unspecified atom stereocenters. The number of carbonyl (C=O) groups excluding carboxylic acids is 2. The summed E-state index contributed by atoms with van der Waals surface area (Å²) in [7, 11) is 3.39. The van der Waals surface area contributed by atoms with Gasteiger partial charge in [0.15, 0.2) is 10.9 Å². The Morgan fingerprint density at radius 3 is 2.58 bits per heavy atom. The van der Waals surface area contributed by atoms with E-state index >= 15 is 0 Å². The fourth-order valence-corrected chi connectivity index (χ4v) is 4.38. The van der Waals surface area contributed by atoms with Crippen LogP contribution in [0.15, 0.2) is 25.0 Å². The molecule has 0 radical (unpaired) electrons. The first-order valence-electron chi connectivity index (χ1n) is 9.84. The summed E-state index contributed by atoms with van der Waals surface area (Å²) in [5, 5.41) is 7.44. The number of rotatable bonds is 5. The second-order valence-electron chi connectivity index (χ2n) is 7.46. The Bertz CT molecular complexity index is 1070. The number of amides is 2. The largest absolute Gasteiger partial charge is 0.356 e. The number of anilines is 2. The highest BCUT2D eigenvalue weighted by atomic mass is 32.1. The van der Waals surface area contributed by atoms with Crippen LogP contribution in [0.3, 0.4) is 0 Å². The van der Waals surface area contributed by atoms with Gasteiger partial charge in [-0.2, -0.15) is 5.10 Å². The molecule has 0 saturated carbocycles. The lowest BCUT2D eigenvalue weighted by Gasteiger charge is -2.32. The van der Waals surface area contributed by atoms with Gasteiger partial charge in [0, 0.05) is 39.2 Å². The van der Waals surface area contributed by atoms with Gasteiger partial charge in [0.25, 0.3) is 5.91 Å². The molecule has 162 valence electrons. The summed E-state index contributed by atoms with van der Waals surface area (Å²) >= 11 is 1.21. The van der Waals surface area contributed by atoms with E-state index in [1.54, 1.807) is 32.0 Å². The van der Waals surface area contributed by atoms with E-state index in [0.717, 1.165) is 5.82 Å². The minimum absolute atomic E-state index is 0.0664. The minimum Gasteiger partial charge on any atom is -0.356 e. The maximum absolute atomic E-state index is 12.7. The Balaban J connectivity index is 1.36. The Hall–Kier alpha value is -3.41. The first-order valence-corrected chi connectivity index (χ1v) is 10.7. The van der Waals surface area contributed by atoms with Crippen LogP contribution in [0.5, 0.6) is 0 Å². The van der Waals surface area contributed by atoms with Crippen LogP contribution in [0.25, 0.3) is 5.82 Å². The molecule has 1 saturated heterocycles. The van der Waals surface area contributed by atoms with Gasteiger partial charge in [-0.25, -0.2) is 24.6 Å². The van der Waals surface area contributed by atoms with Gasteiger partial charge in [0.05, 0.1) is 5.69 Å². The first kappa shape index (κ1) is 20.8. The van der Waals surface area contributed by atoms with Gasteiger partial charge in [-0.3, -0.25) is 9.59 Å². The van der Waals surface area contributed by atoms with Crippen LogP contribution in [0.1, 0.15) is 28.2 Å². The summed E-state index contributed by atoms with van der Waals surface area (Å²) in [5.74, 6) is 1.14. The second-order valence-corrected chi connectivity index (χ2v) is 8.46. The molecule has 11 nitrogen and oxygen atoms in total. The maximum Gasteiger partial charge on any atom is 0.265 e. The molecule has 1 fully saturated rings. The number of aromatic nitrogens is 6. The average Bonchev–Trinajstić information content (AvgIpc) is 3.43. The van der Waals surface area contributed by atoms with Gasteiger partial charge in [-0.1, -0.05) is 11.3 Å².